The number of allylic oxidation sites excluding steroid dienone is 1. The van der Waals surface area contributed by atoms with Gasteiger partial charge in [0.15, 0.2) is 5.78 Å². The van der Waals surface area contributed by atoms with E-state index in [-0.39, 0.29) is 11.5 Å². The molecule has 0 fully saturated rings. The largest absolute Gasteiger partial charge is 0.464 e. The van der Waals surface area contributed by atoms with Crippen molar-refractivity contribution in [1.29, 1.82) is 0 Å². The average Bonchev–Trinajstić information content (AvgIpc) is 2.79. The molecule has 0 aliphatic heterocycles. The van der Waals surface area contributed by atoms with Gasteiger partial charge in [0, 0.05) is 22.8 Å². The van der Waals surface area contributed by atoms with E-state index in [1.807, 2.05) is 79.7 Å². The molecular weight excluding hydrogens is 376 g/mol. The second kappa shape index (κ2) is 9.98. The predicted octanol–water partition coefficient (Wildman–Crippen LogP) is 4.28. The number of hydrogen-bond acceptors (Lipinski definition) is 5. The number of carbonyl (C=O) groups is 2. The maximum atomic E-state index is 12.6. The van der Waals surface area contributed by atoms with Crippen LogP contribution in [-0.4, -0.2) is 24.6 Å². The summed E-state index contributed by atoms with van der Waals surface area (Å²) in [5, 5.41) is 4.44. The summed E-state index contributed by atoms with van der Waals surface area (Å²) in [6.07, 6.45) is 1.20. The molecule has 3 aromatic carbocycles. The summed E-state index contributed by atoms with van der Waals surface area (Å²) in [7, 11) is 1.26. The van der Waals surface area contributed by atoms with Gasteiger partial charge >= 0.3 is 5.97 Å². The number of hydrazone groups is 1. The number of aryl methyl sites for hydroxylation is 1. The standard InChI is InChI=1S/C25H22N2O3/c1-18-13-15-19(16-14-18)23(28)17-22(25(29)30-2)26-27-24(20-9-5-3-6-10-20)21-11-7-4-8-12-21/h3-17,26H,1-2H3/b22-17-. The maximum Gasteiger partial charge on any atom is 0.356 e. The number of esters is 1. The Balaban J connectivity index is 1.96. The number of rotatable bonds is 7. The summed E-state index contributed by atoms with van der Waals surface area (Å²) in [5.41, 5.74) is 6.56. The van der Waals surface area contributed by atoms with Gasteiger partial charge < -0.3 is 4.74 Å². The van der Waals surface area contributed by atoms with Crippen LogP contribution in [0, 0.1) is 6.92 Å². The molecule has 0 saturated heterocycles. The second-order valence-corrected chi connectivity index (χ2v) is 6.58. The lowest BCUT2D eigenvalue weighted by Crippen LogP contribution is -2.21. The Kier molecular flexibility index (Phi) is 6.90. The Labute approximate surface area is 175 Å². The van der Waals surface area contributed by atoms with E-state index < -0.39 is 5.97 Å². The first kappa shape index (κ1) is 20.7. The fourth-order valence-electron chi connectivity index (χ4n) is 2.78. The lowest BCUT2D eigenvalue weighted by molar-refractivity contribution is -0.136. The maximum absolute atomic E-state index is 12.6. The Bertz CT molecular complexity index is 1030. The van der Waals surface area contributed by atoms with E-state index in [2.05, 4.69) is 10.5 Å². The van der Waals surface area contributed by atoms with E-state index in [0.717, 1.165) is 16.7 Å². The van der Waals surface area contributed by atoms with Crippen molar-refractivity contribution in [2.24, 2.45) is 5.10 Å². The van der Waals surface area contributed by atoms with E-state index >= 15 is 0 Å². The van der Waals surface area contributed by atoms with Crippen molar-refractivity contribution < 1.29 is 14.3 Å². The molecular formula is C25H22N2O3. The summed E-state index contributed by atoms with van der Waals surface area (Å²) in [4.78, 5) is 24.8. The number of ether oxygens (including phenoxy) is 1. The van der Waals surface area contributed by atoms with Crippen LogP contribution in [0.5, 0.6) is 0 Å². The molecule has 3 rings (SSSR count). The van der Waals surface area contributed by atoms with E-state index in [9.17, 15) is 9.59 Å². The van der Waals surface area contributed by atoms with Crippen molar-refractivity contribution >= 4 is 17.5 Å². The van der Waals surface area contributed by atoms with Crippen LogP contribution in [0.1, 0.15) is 27.0 Å². The summed E-state index contributed by atoms with van der Waals surface area (Å²) in [5.74, 6) is -1.00. The Hall–Kier alpha value is -3.99. The quantitative estimate of drug-likeness (QED) is 0.212. The zero-order valence-electron chi connectivity index (χ0n) is 16.8. The van der Waals surface area contributed by atoms with Gasteiger partial charge in [-0.15, -0.1) is 0 Å². The van der Waals surface area contributed by atoms with E-state index in [0.29, 0.717) is 11.3 Å². The van der Waals surface area contributed by atoms with Crippen LogP contribution >= 0.6 is 0 Å². The van der Waals surface area contributed by atoms with Gasteiger partial charge in [0.05, 0.1) is 12.8 Å². The third-order valence-electron chi connectivity index (χ3n) is 4.40. The minimum Gasteiger partial charge on any atom is -0.464 e. The van der Waals surface area contributed by atoms with Crippen molar-refractivity contribution in [2.75, 3.05) is 7.11 Å². The molecule has 30 heavy (non-hydrogen) atoms. The predicted molar refractivity (Wildman–Crippen MR) is 117 cm³/mol. The number of methoxy groups -OCH3 is 1. The SMILES string of the molecule is COC(=O)/C(=C/C(=O)c1ccc(C)cc1)NN=C(c1ccccc1)c1ccccc1. The number of benzene rings is 3. The van der Waals surface area contributed by atoms with Gasteiger partial charge in [0.2, 0.25) is 0 Å². The van der Waals surface area contributed by atoms with Gasteiger partial charge in [0.25, 0.3) is 0 Å². The lowest BCUT2D eigenvalue weighted by Gasteiger charge is -2.10. The first-order valence-corrected chi connectivity index (χ1v) is 9.44. The third kappa shape index (κ3) is 5.29. The lowest BCUT2D eigenvalue weighted by atomic mass is 10.0. The summed E-state index contributed by atoms with van der Waals surface area (Å²) in [6.45, 7) is 1.94. The van der Waals surface area contributed by atoms with Gasteiger partial charge in [-0.3, -0.25) is 10.2 Å². The van der Waals surface area contributed by atoms with Crippen LogP contribution in [0.15, 0.2) is 102 Å². The molecule has 5 nitrogen and oxygen atoms in total. The summed E-state index contributed by atoms with van der Waals surface area (Å²) < 4.78 is 4.82. The molecule has 0 aliphatic rings. The average molecular weight is 398 g/mol. The van der Waals surface area contributed by atoms with Crippen molar-refractivity contribution in [1.82, 2.24) is 5.43 Å². The first-order valence-electron chi connectivity index (χ1n) is 9.44. The van der Waals surface area contributed by atoms with Gasteiger partial charge in [-0.25, -0.2) is 4.79 Å². The highest BCUT2D eigenvalue weighted by Crippen LogP contribution is 2.11. The van der Waals surface area contributed by atoms with Crippen molar-refractivity contribution in [3.05, 3.63) is 119 Å². The number of nitrogens with one attached hydrogen (secondary N) is 1. The molecule has 0 radical (unpaired) electrons. The zero-order valence-corrected chi connectivity index (χ0v) is 16.8. The number of ketones is 1. The first-order chi connectivity index (χ1) is 14.6. The van der Waals surface area contributed by atoms with Crippen LogP contribution < -0.4 is 5.43 Å². The minimum atomic E-state index is -0.681. The Morgan fingerprint density at radius 3 is 1.83 bits per heavy atom. The number of hydrogen-bond donors (Lipinski definition) is 1. The van der Waals surface area contributed by atoms with Crippen molar-refractivity contribution in [3.8, 4) is 0 Å². The fraction of sp³-hybridized carbons (Fsp3) is 0.0800. The second-order valence-electron chi connectivity index (χ2n) is 6.58. The molecule has 0 amide bonds. The molecule has 150 valence electrons. The van der Waals surface area contributed by atoms with Gasteiger partial charge in [-0.05, 0) is 6.92 Å². The monoisotopic (exact) mass is 398 g/mol. The third-order valence-corrected chi connectivity index (χ3v) is 4.40. The highest BCUT2D eigenvalue weighted by molar-refractivity contribution is 6.13. The normalized spacial score (nSPS) is 10.8. The molecule has 0 heterocycles. The van der Waals surface area contributed by atoms with Gasteiger partial charge in [0.1, 0.15) is 5.70 Å². The van der Waals surface area contributed by atoms with Gasteiger partial charge in [-0.2, -0.15) is 5.10 Å². The van der Waals surface area contributed by atoms with Crippen LogP contribution in [0.2, 0.25) is 0 Å². The molecule has 5 heteroatoms. The summed E-state index contributed by atoms with van der Waals surface area (Å²) >= 11 is 0. The smallest absolute Gasteiger partial charge is 0.356 e. The molecule has 0 bridgehead atoms. The zero-order chi connectivity index (χ0) is 21.3. The Morgan fingerprint density at radius 2 is 1.33 bits per heavy atom. The summed E-state index contributed by atoms with van der Waals surface area (Å²) in [6, 6.07) is 26.3. The van der Waals surface area contributed by atoms with E-state index in [1.165, 1.54) is 13.2 Å². The molecule has 3 aromatic rings. The Morgan fingerprint density at radius 1 is 0.800 bits per heavy atom. The molecule has 0 unspecified atom stereocenters. The van der Waals surface area contributed by atoms with E-state index in [1.54, 1.807) is 12.1 Å². The minimum absolute atomic E-state index is 0.0487. The molecule has 0 atom stereocenters. The van der Waals surface area contributed by atoms with Crippen molar-refractivity contribution in [3.63, 3.8) is 0 Å². The molecule has 0 spiro atoms. The van der Waals surface area contributed by atoms with Crippen molar-refractivity contribution in [2.45, 2.75) is 6.92 Å². The van der Waals surface area contributed by atoms with Crippen LogP contribution in [0.3, 0.4) is 0 Å². The number of nitrogens with zero attached hydrogens (tertiary/aromatic N) is 1. The van der Waals surface area contributed by atoms with Crippen LogP contribution in [0.4, 0.5) is 0 Å². The molecule has 0 aliphatic carbocycles. The van der Waals surface area contributed by atoms with Gasteiger partial charge in [-0.1, -0.05) is 90.5 Å². The highest BCUT2D eigenvalue weighted by atomic mass is 16.5. The van der Waals surface area contributed by atoms with Crippen LogP contribution in [0.25, 0.3) is 0 Å². The topological polar surface area (TPSA) is 67.8 Å². The molecule has 0 saturated carbocycles. The van der Waals surface area contributed by atoms with Crippen LogP contribution in [-0.2, 0) is 9.53 Å². The molecule has 1 N–H and O–H groups in total. The highest BCUT2D eigenvalue weighted by Gasteiger charge is 2.14. The molecule has 0 aromatic heterocycles. The van der Waals surface area contributed by atoms with E-state index in [4.69, 9.17) is 4.74 Å². The fourth-order valence-corrected chi connectivity index (χ4v) is 2.78. The number of carbonyl (C=O) groups excluding carboxylic acids is 2.